The van der Waals surface area contributed by atoms with Crippen LogP contribution in [0.25, 0.3) is 0 Å². The van der Waals surface area contributed by atoms with Crippen LogP contribution < -0.4 is 10.1 Å². The Bertz CT molecular complexity index is 565. The van der Waals surface area contributed by atoms with Gasteiger partial charge in [0.2, 0.25) is 5.88 Å². The van der Waals surface area contributed by atoms with Gasteiger partial charge < -0.3 is 14.8 Å². The van der Waals surface area contributed by atoms with Crippen molar-refractivity contribution in [3.05, 3.63) is 23.9 Å². The molecule has 1 aromatic heterocycles. The minimum atomic E-state index is -2.48. The second-order valence-electron chi connectivity index (χ2n) is 6.89. The summed E-state index contributed by atoms with van der Waals surface area (Å²) in [6, 6.07) is 4.16. The maximum absolute atomic E-state index is 12.2. The van der Waals surface area contributed by atoms with E-state index in [9.17, 15) is 8.78 Å². The lowest BCUT2D eigenvalue weighted by Gasteiger charge is -2.63. The van der Waals surface area contributed by atoms with Gasteiger partial charge in [0.05, 0.1) is 6.10 Å². The molecule has 3 fully saturated rings. The van der Waals surface area contributed by atoms with Crippen molar-refractivity contribution in [1.82, 2.24) is 10.3 Å². The highest BCUT2D eigenvalue weighted by Gasteiger charge is 2.66. The second kappa shape index (κ2) is 5.98. The molecule has 4 rings (SSSR count). The molecular weight excluding hydrogens is 302 g/mol. The molecule has 4 nitrogen and oxygen atoms in total. The van der Waals surface area contributed by atoms with Crippen molar-refractivity contribution in [3.63, 3.8) is 0 Å². The van der Waals surface area contributed by atoms with Crippen LogP contribution in [0.2, 0.25) is 0 Å². The summed E-state index contributed by atoms with van der Waals surface area (Å²) in [4.78, 5) is 3.98. The Balaban J connectivity index is 1.36. The molecule has 23 heavy (non-hydrogen) atoms. The van der Waals surface area contributed by atoms with E-state index in [2.05, 4.69) is 10.3 Å². The monoisotopic (exact) mass is 324 g/mol. The predicted molar refractivity (Wildman–Crippen MR) is 80.5 cm³/mol. The van der Waals surface area contributed by atoms with E-state index in [4.69, 9.17) is 9.47 Å². The third-order valence-corrected chi connectivity index (χ3v) is 5.72. The molecule has 6 heteroatoms. The lowest BCUT2D eigenvalue weighted by molar-refractivity contribution is -0.176. The van der Waals surface area contributed by atoms with E-state index in [1.165, 1.54) is 19.3 Å². The summed E-state index contributed by atoms with van der Waals surface area (Å²) in [5.41, 5.74) is 1.37. The fourth-order valence-corrected chi connectivity index (χ4v) is 4.58. The third kappa shape index (κ3) is 2.62. The van der Waals surface area contributed by atoms with Crippen LogP contribution in [0.15, 0.2) is 18.3 Å². The summed E-state index contributed by atoms with van der Waals surface area (Å²) in [7, 11) is 0. The third-order valence-electron chi connectivity index (χ3n) is 5.72. The van der Waals surface area contributed by atoms with Gasteiger partial charge in [-0.2, -0.15) is 0 Å². The Morgan fingerprint density at radius 1 is 1.43 bits per heavy atom. The first-order valence-electron chi connectivity index (χ1n) is 8.40. The van der Waals surface area contributed by atoms with Crippen molar-refractivity contribution in [2.24, 2.45) is 11.3 Å². The van der Waals surface area contributed by atoms with Gasteiger partial charge in [-0.3, -0.25) is 0 Å². The molecule has 0 bridgehead atoms. The van der Waals surface area contributed by atoms with Gasteiger partial charge in [0, 0.05) is 42.8 Å². The maximum Gasteiger partial charge on any atom is 0.272 e. The highest BCUT2D eigenvalue weighted by molar-refractivity contribution is 5.22. The van der Waals surface area contributed by atoms with E-state index in [0.29, 0.717) is 30.0 Å². The topological polar surface area (TPSA) is 43.4 Å². The van der Waals surface area contributed by atoms with Crippen LogP contribution in [0.1, 0.15) is 31.2 Å². The van der Waals surface area contributed by atoms with Gasteiger partial charge in [0.1, 0.15) is 0 Å². The molecule has 3 aliphatic rings. The first-order chi connectivity index (χ1) is 11.2. The number of rotatable bonds is 6. The molecule has 0 amide bonds. The summed E-state index contributed by atoms with van der Waals surface area (Å²) >= 11 is 0. The molecule has 2 saturated carbocycles. The van der Waals surface area contributed by atoms with E-state index in [1.54, 1.807) is 12.3 Å². The van der Waals surface area contributed by atoms with Crippen LogP contribution in [0.3, 0.4) is 0 Å². The first-order valence-corrected chi connectivity index (χ1v) is 8.40. The van der Waals surface area contributed by atoms with Gasteiger partial charge in [-0.15, -0.1) is 0 Å². The Morgan fingerprint density at radius 2 is 2.30 bits per heavy atom. The fourth-order valence-electron chi connectivity index (χ4n) is 4.58. The second-order valence-corrected chi connectivity index (χ2v) is 6.89. The van der Waals surface area contributed by atoms with E-state index in [0.717, 1.165) is 18.6 Å². The van der Waals surface area contributed by atoms with Gasteiger partial charge in [-0.25, -0.2) is 13.8 Å². The average Bonchev–Trinajstić information content (AvgIpc) is 2.89. The number of hydrogen-bond donors (Lipinski definition) is 1. The van der Waals surface area contributed by atoms with Crippen LogP contribution in [-0.2, 0) is 11.3 Å². The number of ether oxygens (including phenoxy) is 2. The van der Waals surface area contributed by atoms with Gasteiger partial charge >= 0.3 is 0 Å². The van der Waals surface area contributed by atoms with Crippen molar-refractivity contribution in [2.75, 3.05) is 13.2 Å². The van der Waals surface area contributed by atoms with Crippen LogP contribution in [0.4, 0.5) is 8.78 Å². The fraction of sp³-hybridized carbons (Fsp3) is 0.706. The minimum Gasteiger partial charge on any atom is -0.472 e. The Kier molecular flexibility index (Phi) is 3.97. The first kappa shape index (κ1) is 15.3. The quantitative estimate of drug-likeness (QED) is 0.874. The van der Waals surface area contributed by atoms with Crippen LogP contribution in [0.5, 0.6) is 5.88 Å². The SMILES string of the molecule is FC(F)COc1cc(CNC2C3CCOC3C23CCC3)ccn1. The molecule has 2 aliphatic carbocycles. The summed E-state index contributed by atoms with van der Waals surface area (Å²) in [6.45, 7) is 0.982. The number of halogens is 2. The molecule has 1 aromatic rings. The number of pyridine rings is 1. The van der Waals surface area contributed by atoms with Crippen molar-refractivity contribution in [1.29, 1.82) is 0 Å². The van der Waals surface area contributed by atoms with Gasteiger partial charge in [-0.05, 0) is 30.9 Å². The highest BCUT2D eigenvalue weighted by Crippen LogP contribution is 2.62. The normalized spacial score (nSPS) is 30.8. The zero-order valence-corrected chi connectivity index (χ0v) is 13.0. The summed E-state index contributed by atoms with van der Waals surface area (Å²) in [5, 5.41) is 3.68. The predicted octanol–water partition coefficient (Wildman–Crippen LogP) is 2.77. The summed E-state index contributed by atoms with van der Waals surface area (Å²) in [6.07, 6.45) is 4.53. The minimum absolute atomic E-state index is 0.263. The molecule has 1 spiro atoms. The zero-order valence-electron chi connectivity index (χ0n) is 13.0. The molecular formula is C17H22F2N2O2. The lowest BCUT2D eigenvalue weighted by atomic mass is 9.46. The molecule has 126 valence electrons. The Hall–Kier alpha value is -1.27. The maximum atomic E-state index is 12.2. The van der Waals surface area contributed by atoms with Gasteiger partial charge in [0.25, 0.3) is 6.43 Å². The van der Waals surface area contributed by atoms with Gasteiger partial charge in [-0.1, -0.05) is 6.42 Å². The van der Waals surface area contributed by atoms with Crippen LogP contribution in [0, 0.1) is 11.3 Å². The molecule has 0 radical (unpaired) electrons. The number of fused-ring (bicyclic) bond motifs is 2. The number of nitrogens with one attached hydrogen (secondary N) is 1. The molecule has 1 aliphatic heterocycles. The molecule has 3 atom stereocenters. The summed E-state index contributed by atoms with van der Waals surface area (Å²) < 4.78 is 35.3. The zero-order chi connectivity index (χ0) is 15.9. The van der Waals surface area contributed by atoms with E-state index in [1.807, 2.05) is 6.07 Å². The van der Waals surface area contributed by atoms with Crippen molar-refractivity contribution in [2.45, 2.75) is 50.8 Å². The molecule has 1 N–H and O–H groups in total. The number of hydrogen-bond acceptors (Lipinski definition) is 4. The van der Waals surface area contributed by atoms with Crippen molar-refractivity contribution >= 4 is 0 Å². The number of nitrogens with zero attached hydrogens (tertiary/aromatic N) is 1. The average molecular weight is 324 g/mol. The van der Waals surface area contributed by atoms with Gasteiger partial charge in [0.15, 0.2) is 6.61 Å². The Labute approximate surface area is 134 Å². The van der Waals surface area contributed by atoms with E-state index < -0.39 is 13.0 Å². The van der Waals surface area contributed by atoms with Crippen LogP contribution in [-0.4, -0.2) is 36.8 Å². The molecule has 0 aromatic carbocycles. The van der Waals surface area contributed by atoms with Crippen LogP contribution >= 0.6 is 0 Å². The van der Waals surface area contributed by atoms with E-state index in [-0.39, 0.29) is 5.88 Å². The van der Waals surface area contributed by atoms with Crippen molar-refractivity contribution < 1.29 is 18.3 Å². The highest BCUT2D eigenvalue weighted by atomic mass is 19.3. The largest absolute Gasteiger partial charge is 0.472 e. The van der Waals surface area contributed by atoms with E-state index >= 15 is 0 Å². The number of alkyl halides is 2. The molecule has 2 heterocycles. The standard InChI is InChI=1S/C17H22F2N2O2/c18-13(19)10-23-14-8-11(2-6-20-14)9-21-15-12-3-7-22-16(12)17(15)4-1-5-17/h2,6,8,12-13,15-16,21H,1,3-5,7,9-10H2. The van der Waals surface area contributed by atoms with Crippen molar-refractivity contribution in [3.8, 4) is 5.88 Å². The number of aromatic nitrogens is 1. The Morgan fingerprint density at radius 3 is 3.04 bits per heavy atom. The molecule has 3 unspecified atom stereocenters. The molecule has 1 saturated heterocycles. The summed E-state index contributed by atoms with van der Waals surface area (Å²) in [5.74, 6) is 0.894. The smallest absolute Gasteiger partial charge is 0.272 e. The lowest BCUT2D eigenvalue weighted by Crippen LogP contribution is -2.70.